The summed E-state index contributed by atoms with van der Waals surface area (Å²) in [7, 11) is 1.45. The van der Waals surface area contributed by atoms with Gasteiger partial charge in [0.1, 0.15) is 0 Å². The third-order valence-electron chi connectivity index (χ3n) is 4.70. The van der Waals surface area contributed by atoms with Crippen molar-refractivity contribution in [1.29, 1.82) is 0 Å². The van der Waals surface area contributed by atoms with Crippen molar-refractivity contribution in [2.75, 3.05) is 12.0 Å². The Morgan fingerprint density at radius 2 is 1.76 bits per heavy atom. The topological polar surface area (TPSA) is 55.8 Å². The van der Waals surface area contributed by atoms with Crippen molar-refractivity contribution in [3.8, 4) is 11.5 Å². The van der Waals surface area contributed by atoms with Crippen LogP contribution >= 0.6 is 58.8 Å². The van der Waals surface area contributed by atoms with E-state index >= 15 is 0 Å². The minimum Gasteiger partial charge on any atom is -0.493 e. The number of hydrogen-bond acceptors (Lipinski definition) is 6. The number of methoxy groups -OCH3 is 1. The molecule has 1 fully saturated rings. The first-order valence-corrected chi connectivity index (χ1v) is 12.0. The fourth-order valence-corrected chi connectivity index (χ4v) is 5.09. The molecule has 0 N–H and O–H groups in total. The van der Waals surface area contributed by atoms with Gasteiger partial charge < -0.3 is 9.47 Å². The van der Waals surface area contributed by atoms with Crippen molar-refractivity contribution in [2.45, 2.75) is 0 Å². The summed E-state index contributed by atoms with van der Waals surface area (Å²) in [5.41, 5.74) is 1.42. The summed E-state index contributed by atoms with van der Waals surface area (Å²) in [5.74, 6) is -0.418. The van der Waals surface area contributed by atoms with E-state index in [2.05, 4.69) is 0 Å². The molecule has 172 valence electrons. The molecule has 1 heterocycles. The Balaban J connectivity index is 1.57. The van der Waals surface area contributed by atoms with Crippen molar-refractivity contribution >= 4 is 86.7 Å². The van der Waals surface area contributed by atoms with E-state index in [-0.39, 0.29) is 22.2 Å². The largest absolute Gasteiger partial charge is 0.493 e. The lowest BCUT2D eigenvalue weighted by Gasteiger charge is -2.14. The molecule has 1 aliphatic heterocycles. The van der Waals surface area contributed by atoms with Crippen LogP contribution < -0.4 is 14.4 Å². The van der Waals surface area contributed by atoms with Gasteiger partial charge in [-0.2, -0.15) is 0 Å². The Bertz CT molecular complexity index is 1360. The molecule has 0 aliphatic carbocycles. The van der Waals surface area contributed by atoms with Crippen LogP contribution in [0.4, 0.5) is 5.69 Å². The van der Waals surface area contributed by atoms with E-state index in [0.717, 1.165) is 0 Å². The molecule has 0 unspecified atom stereocenters. The monoisotopic (exact) mass is 549 g/mol. The van der Waals surface area contributed by atoms with E-state index in [4.69, 9.17) is 56.5 Å². The van der Waals surface area contributed by atoms with Crippen molar-refractivity contribution in [3.05, 3.63) is 91.8 Å². The summed E-state index contributed by atoms with van der Waals surface area (Å²) in [5, 5.41) is 1.09. The molecular weight excluding hydrogens is 537 g/mol. The van der Waals surface area contributed by atoms with Crippen LogP contribution in [-0.4, -0.2) is 23.3 Å². The van der Waals surface area contributed by atoms with Gasteiger partial charge in [-0.3, -0.25) is 9.69 Å². The lowest BCUT2D eigenvalue weighted by molar-refractivity contribution is -0.113. The Morgan fingerprint density at radius 3 is 2.47 bits per heavy atom. The number of halogens is 3. The Hall–Kier alpha value is -2.55. The van der Waals surface area contributed by atoms with Crippen LogP contribution in [0, 0.1) is 0 Å². The van der Waals surface area contributed by atoms with Crippen LogP contribution in [0.1, 0.15) is 15.9 Å². The molecule has 1 amide bonds. The van der Waals surface area contributed by atoms with Crippen molar-refractivity contribution in [3.63, 3.8) is 0 Å². The zero-order valence-electron chi connectivity index (χ0n) is 17.4. The molecule has 3 aromatic rings. The van der Waals surface area contributed by atoms with Crippen LogP contribution in [0.3, 0.4) is 0 Å². The highest BCUT2D eigenvalue weighted by Crippen LogP contribution is 2.38. The molecule has 10 heteroatoms. The summed E-state index contributed by atoms with van der Waals surface area (Å²) >= 11 is 24.6. The highest BCUT2D eigenvalue weighted by molar-refractivity contribution is 8.27. The number of hydrogen-bond donors (Lipinski definition) is 0. The second-order valence-electron chi connectivity index (χ2n) is 6.92. The smallest absolute Gasteiger partial charge is 0.345 e. The van der Waals surface area contributed by atoms with Crippen LogP contribution in [-0.2, 0) is 4.79 Å². The number of anilines is 1. The number of thiocarbonyl (C=S) groups is 1. The van der Waals surface area contributed by atoms with E-state index < -0.39 is 5.97 Å². The normalized spacial score (nSPS) is 14.6. The number of esters is 1. The third-order valence-corrected chi connectivity index (χ3v) is 6.78. The Morgan fingerprint density at radius 1 is 1.00 bits per heavy atom. The predicted molar refractivity (Wildman–Crippen MR) is 142 cm³/mol. The van der Waals surface area contributed by atoms with Crippen molar-refractivity contribution in [2.24, 2.45) is 0 Å². The molecule has 0 atom stereocenters. The summed E-state index contributed by atoms with van der Waals surface area (Å²) in [4.78, 5) is 27.4. The standard InChI is InChI=1S/C24H14Cl3NO4S2/c1-31-20-9-13(5-8-19(20)32-23(30)17-7-6-15(26)12-18(17)27)10-21-22(29)28(24(33)34-21)16-4-2-3-14(25)11-16/h2-12H,1H3/b21-10-. The van der Waals surface area contributed by atoms with E-state index in [0.29, 0.717) is 36.3 Å². The summed E-state index contributed by atoms with van der Waals surface area (Å²) in [6, 6.07) is 16.3. The summed E-state index contributed by atoms with van der Waals surface area (Å²) < 4.78 is 11.3. The van der Waals surface area contributed by atoms with Gasteiger partial charge in [0, 0.05) is 10.0 Å². The molecule has 4 rings (SSSR count). The number of nitrogens with zero attached hydrogens (tertiary/aromatic N) is 1. The molecule has 34 heavy (non-hydrogen) atoms. The first-order valence-electron chi connectivity index (χ1n) is 9.65. The van der Waals surface area contributed by atoms with Crippen LogP contribution in [0.25, 0.3) is 6.08 Å². The van der Waals surface area contributed by atoms with Gasteiger partial charge in [0.25, 0.3) is 5.91 Å². The molecule has 0 aromatic heterocycles. The first-order chi connectivity index (χ1) is 16.3. The Kier molecular flexibility index (Phi) is 7.50. The van der Waals surface area contributed by atoms with Gasteiger partial charge in [-0.05, 0) is 60.2 Å². The second kappa shape index (κ2) is 10.4. The third kappa shape index (κ3) is 5.24. The minimum absolute atomic E-state index is 0.168. The first kappa shape index (κ1) is 24.6. The van der Waals surface area contributed by atoms with Crippen LogP contribution in [0.2, 0.25) is 15.1 Å². The SMILES string of the molecule is COc1cc(/C=C2\SC(=S)N(c3cccc(Cl)c3)C2=O)ccc1OC(=O)c1ccc(Cl)cc1Cl. The average molecular weight is 551 g/mol. The minimum atomic E-state index is -0.657. The number of thioether (sulfide) groups is 1. The molecule has 0 spiro atoms. The van der Waals surface area contributed by atoms with Gasteiger partial charge in [-0.1, -0.05) is 70.9 Å². The molecule has 0 saturated carbocycles. The number of amides is 1. The van der Waals surface area contributed by atoms with Gasteiger partial charge in [-0.15, -0.1) is 0 Å². The van der Waals surface area contributed by atoms with Gasteiger partial charge in [-0.25, -0.2) is 4.79 Å². The van der Waals surface area contributed by atoms with Gasteiger partial charge >= 0.3 is 5.97 Å². The Labute approximate surface area is 220 Å². The lowest BCUT2D eigenvalue weighted by atomic mass is 10.1. The molecule has 3 aromatic carbocycles. The molecular formula is C24H14Cl3NO4S2. The van der Waals surface area contributed by atoms with Crippen molar-refractivity contribution in [1.82, 2.24) is 0 Å². The van der Waals surface area contributed by atoms with Crippen LogP contribution in [0.15, 0.2) is 65.6 Å². The highest BCUT2D eigenvalue weighted by atomic mass is 35.5. The van der Waals surface area contributed by atoms with Gasteiger partial charge in [0.15, 0.2) is 15.8 Å². The molecule has 0 bridgehead atoms. The quantitative estimate of drug-likeness (QED) is 0.144. The van der Waals surface area contributed by atoms with E-state index in [1.807, 2.05) is 0 Å². The maximum atomic E-state index is 13.0. The number of ether oxygens (including phenoxy) is 2. The molecule has 1 saturated heterocycles. The number of carbonyl (C=O) groups is 2. The number of rotatable bonds is 5. The molecule has 1 aliphatic rings. The van der Waals surface area contributed by atoms with E-state index in [1.165, 1.54) is 35.9 Å². The maximum Gasteiger partial charge on any atom is 0.345 e. The molecule has 0 radical (unpaired) electrons. The fourth-order valence-electron chi connectivity index (χ4n) is 3.13. The van der Waals surface area contributed by atoms with Crippen LogP contribution in [0.5, 0.6) is 11.5 Å². The lowest BCUT2D eigenvalue weighted by Crippen LogP contribution is -2.27. The van der Waals surface area contributed by atoms with Gasteiger partial charge in [0.05, 0.1) is 28.3 Å². The van der Waals surface area contributed by atoms with Gasteiger partial charge in [0.2, 0.25) is 0 Å². The fraction of sp³-hybridized carbons (Fsp3) is 0.0417. The number of carbonyl (C=O) groups excluding carboxylic acids is 2. The zero-order chi connectivity index (χ0) is 24.4. The summed E-state index contributed by atoms with van der Waals surface area (Å²) in [6.45, 7) is 0. The second-order valence-corrected chi connectivity index (χ2v) is 9.88. The average Bonchev–Trinajstić information content (AvgIpc) is 3.07. The zero-order valence-corrected chi connectivity index (χ0v) is 21.3. The summed E-state index contributed by atoms with van der Waals surface area (Å²) in [6.07, 6.45) is 1.69. The number of benzene rings is 3. The van der Waals surface area contributed by atoms with E-state index in [9.17, 15) is 9.59 Å². The van der Waals surface area contributed by atoms with Crippen molar-refractivity contribution < 1.29 is 19.1 Å². The highest BCUT2D eigenvalue weighted by Gasteiger charge is 2.33. The predicted octanol–water partition coefficient (Wildman–Crippen LogP) is 7.28. The molecule has 5 nitrogen and oxygen atoms in total. The van der Waals surface area contributed by atoms with E-state index in [1.54, 1.807) is 54.6 Å². The maximum absolute atomic E-state index is 13.0.